The van der Waals surface area contributed by atoms with E-state index < -0.39 is 0 Å². The monoisotopic (exact) mass is 333 g/mol. The minimum atomic E-state index is -0.0962. The highest BCUT2D eigenvalue weighted by molar-refractivity contribution is 7.80. The standard InChI is InChI=1S/C15H19N5O2S/c1-10(2)9-16-15(23)20-7-3-6-19(20)14(21)11-4-5-12-13(8-11)18-22-17-12/h4-5,8,10H,3,6-7,9H2,1-2H3,(H,16,23). The van der Waals surface area contributed by atoms with Gasteiger partial charge >= 0.3 is 0 Å². The molecule has 23 heavy (non-hydrogen) atoms. The van der Waals surface area contributed by atoms with Gasteiger partial charge in [-0.25, -0.2) is 9.64 Å². The molecule has 0 unspecified atom stereocenters. The fourth-order valence-corrected chi connectivity index (χ4v) is 2.75. The van der Waals surface area contributed by atoms with Crippen LogP contribution in [0.5, 0.6) is 0 Å². The van der Waals surface area contributed by atoms with Gasteiger partial charge in [0.25, 0.3) is 5.91 Å². The average molecular weight is 333 g/mol. The Morgan fingerprint density at radius 2 is 2.04 bits per heavy atom. The highest BCUT2D eigenvalue weighted by atomic mass is 32.1. The van der Waals surface area contributed by atoms with Crippen LogP contribution in [0.15, 0.2) is 22.8 Å². The van der Waals surface area contributed by atoms with Gasteiger partial charge < -0.3 is 5.32 Å². The van der Waals surface area contributed by atoms with Crippen molar-refractivity contribution in [2.45, 2.75) is 20.3 Å². The second kappa shape index (κ2) is 6.49. The Balaban J connectivity index is 1.75. The first kappa shape index (κ1) is 15.7. The molecule has 1 aliphatic rings. The summed E-state index contributed by atoms with van der Waals surface area (Å²) < 4.78 is 4.67. The second-order valence-corrected chi connectivity index (χ2v) is 6.34. The number of hydrogen-bond acceptors (Lipinski definition) is 5. The van der Waals surface area contributed by atoms with Crippen LogP contribution in [-0.2, 0) is 0 Å². The Kier molecular flexibility index (Phi) is 4.42. The largest absolute Gasteiger partial charge is 0.361 e. The topological polar surface area (TPSA) is 74.5 Å². The quantitative estimate of drug-likeness (QED) is 0.859. The van der Waals surface area contributed by atoms with E-state index in [1.165, 1.54) is 0 Å². The molecular formula is C15H19N5O2S. The molecule has 0 spiro atoms. The molecule has 122 valence electrons. The SMILES string of the molecule is CC(C)CNC(=S)N1CCCN1C(=O)c1ccc2nonc2c1. The molecule has 1 aromatic carbocycles. The zero-order valence-corrected chi connectivity index (χ0v) is 14.0. The molecule has 2 heterocycles. The first-order valence-corrected chi connectivity index (χ1v) is 8.06. The summed E-state index contributed by atoms with van der Waals surface area (Å²) in [5.41, 5.74) is 1.75. The van der Waals surface area contributed by atoms with Gasteiger partial charge in [0.2, 0.25) is 0 Å². The average Bonchev–Trinajstić information content (AvgIpc) is 3.19. The third-order valence-corrected chi connectivity index (χ3v) is 4.02. The Labute approximate surface area is 139 Å². The lowest BCUT2D eigenvalue weighted by Gasteiger charge is -2.30. The van der Waals surface area contributed by atoms with E-state index in [0.717, 1.165) is 19.5 Å². The minimum Gasteiger partial charge on any atom is -0.361 e. The van der Waals surface area contributed by atoms with Gasteiger partial charge in [0, 0.05) is 25.2 Å². The third-order valence-electron chi connectivity index (χ3n) is 3.66. The summed E-state index contributed by atoms with van der Waals surface area (Å²) in [6.45, 7) is 6.40. The van der Waals surface area contributed by atoms with Crippen LogP contribution in [0.25, 0.3) is 11.0 Å². The zero-order valence-electron chi connectivity index (χ0n) is 13.2. The van der Waals surface area contributed by atoms with Crippen LogP contribution in [0, 0.1) is 5.92 Å². The summed E-state index contributed by atoms with van der Waals surface area (Å²) in [4.78, 5) is 12.8. The number of aromatic nitrogens is 2. The lowest BCUT2D eigenvalue weighted by atomic mass is 10.2. The zero-order chi connectivity index (χ0) is 16.4. The Hall–Kier alpha value is -2.22. The van der Waals surface area contributed by atoms with Crippen molar-refractivity contribution in [3.05, 3.63) is 23.8 Å². The van der Waals surface area contributed by atoms with E-state index in [-0.39, 0.29) is 5.91 Å². The summed E-state index contributed by atoms with van der Waals surface area (Å²) in [6, 6.07) is 5.15. The molecule has 1 aromatic heterocycles. The maximum absolute atomic E-state index is 12.8. The van der Waals surface area contributed by atoms with Crippen LogP contribution in [0.4, 0.5) is 0 Å². The van der Waals surface area contributed by atoms with Gasteiger partial charge in [-0.3, -0.25) is 9.80 Å². The Bertz CT molecular complexity index is 729. The number of benzene rings is 1. The number of carbonyl (C=O) groups is 1. The van der Waals surface area contributed by atoms with Crippen molar-refractivity contribution in [2.24, 2.45) is 5.92 Å². The number of nitrogens with one attached hydrogen (secondary N) is 1. The van der Waals surface area contributed by atoms with Crippen LogP contribution >= 0.6 is 12.2 Å². The predicted octanol–water partition coefficient (Wildman–Crippen LogP) is 1.82. The van der Waals surface area contributed by atoms with Crippen molar-refractivity contribution in [3.63, 3.8) is 0 Å². The Morgan fingerprint density at radius 3 is 2.83 bits per heavy atom. The molecule has 0 saturated carbocycles. The molecule has 1 N–H and O–H groups in total. The van der Waals surface area contributed by atoms with Crippen LogP contribution < -0.4 is 5.32 Å². The molecule has 1 saturated heterocycles. The van der Waals surface area contributed by atoms with Gasteiger partial charge in [-0.2, -0.15) is 0 Å². The summed E-state index contributed by atoms with van der Waals surface area (Å²) >= 11 is 5.43. The van der Waals surface area contributed by atoms with Gasteiger partial charge in [0.1, 0.15) is 11.0 Å². The molecule has 3 rings (SSSR count). The molecule has 0 radical (unpaired) electrons. The molecule has 2 aromatic rings. The minimum absolute atomic E-state index is 0.0962. The van der Waals surface area contributed by atoms with E-state index in [2.05, 4.69) is 34.1 Å². The molecule has 0 aliphatic carbocycles. The van der Waals surface area contributed by atoms with E-state index in [4.69, 9.17) is 12.2 Å². The van der Waals surface area contributed by atoms with Crippen LogP contribution in [0.1, 0.15) is 30.6 Å². The van der Waals surface area contributed by atoms with Gasteiger partial charge in [-0.15, -0.1) is 0 Å². The predicted molar refractivity (Wildman–Crippen MR) is 89.6 cm³/mol. The van der Waals surface area contributed by atoms with Crippen LogP contribution in [0.2, 0.25) is 0 Å². The number of amides is 1. The maximum atomic E-state index is 12.8. The van der Waals surface area contributed by atoms with E-state index in [0.29, 0.717) is 34.2 Å². The molecule has 8 heteroatoms. The second-order valence-electron chi connectivity index (χ2n) is 5.95. The van der Waals surface area contributed by atoms with Crippen molar-refractivity contribution >= 4 is 34.3 Å². The van der Waals surface area contributed by atoms with Crippen molar-refractivity contribution < 1.29 is 9.42 Å². The van der Waals surface area contributed by atoms with E-state index in [9.17, 15) is 4.79 Å². The number of hydrogen-bond donors (Lipinski definition) is 1. The normalized spacial score (nSPS) is 14.7. The van der Waals surface area contributed by atoms with Crippen molar-refractivity contribution in [1.82, 2.24) is 25.6 Å². The van der Waals surface area contributed by atoms with E-state index in [1.54, 1.807) is 23.2 Å². The molecule has 7 nitrogen and oxygen atoms in total. The number of thiocarbonyl (C=S) groups is 1. The molecule has 1 amide bonds. The molecule has 1 fully saturated rings. The fraction of sp³-hybridized carbons (Fsp3) is 0.467. The Morgan fingerprint density at radius 1 is 1.30 bits per heavy atom. The molecule has 0 atom stereocenters. The number of nitrogens with zero attached hydrogens (tertiary/aromatic N) is 4. The molecule has 1 aliphatic heterocycles. The van der Waals surface area contributed by atoms with Crippen LogP contribution in [0.3, 0.4) is 0 Å². The highest BCUT2D eigenvalue weighted by Crippen LogP contribution is 2.18. The van der Waals surface area contributed by atoms with Crippen molar-refractivity contribution in [2.75, 3.05) is 19.6 Å². The van der Waals surface area contributed by atoms with Gasteiger partial charge in [0.05, 0.1) is 0 Å². The maximum Gasteiger partial charge on any atom is 0.272 e. The summed E-state index contributed by atoms with van der Waals surface area (Å²) in [7, 11) is 0. The number of rotatable bonds is 3. The van der Waals surface area contributed by atoms with Gasteiger partial charge in [-0.1, -0.05) is 13.8 Å². The van der Waals surface area contributed by atoms with E-state index in [1.807, 2.05) is 5.01 Å². The fourth-order valence-electron chi connectivity index (χ4n) is 2.48. The van der Waals surface area contributed by atoms with Gasteiger partial charge in [0.15, 0.2) is 5.11 Å². The summed E-state index contributed by atoms with van der Waals surface area (Å²) in [5.74, 6) is 0.392. The summed E-state index contributed by atoms with van der Waals surface area (Å²) in [5, 5.41) is 14.9. The molecule has 0 bridgehead atoms. The summed E-state index contributed by atoms with van der Waals surface area (Å²) in [6.07, 6.45) is 0.892. The molecular weight excluding hydrogens is 314 g/mol. The first-order chi connectivity index (χ1) is 11.1. The lowest BCUT2D eigenvalue weighted by molar-refractivity contribution is 0.0491. The van der Waals surface area contributed by atoms with E-state index >= 15 is 0 Å². The lowest BCUT2D eigenvalue weighted by Crippen LogP contribution is -2.49. The number of carbonyl (C=O) groups excluding carboxylic acids is 1. The smallest absolute Gasteiger partial charge is 0.272 e. The van der Waals surface area contributed by atoms with Crippen molar-refractivity contribution in [1.29, 1.82) is 0 Å². The third kappa shape index (κ3) is 3.26. The van der Waals surface area contributed by atoms with Crippen LogP contribution in [-0.4, -0.2) is 51.0 Å². The number of fused-ring (bicyclic) bond motifs is 1. The van der Waals surface area contributed by atoms with Crippen molar-refractivity contribution in [3.8, 4) is 0 Å². The first-order valence-electron chi connectivity index (χ1n) is 7.65. The van der Waals surface area contributed by atoms with Gasteiger partial charge in [-0.05, 0) is 53.1 Å². The highest BCUT2D eigenvalue weighted by Gasteiger charge is 2.29. The number of hydrazine groups is 1.